The fourth-order valence-electron chi connectivity index (χ4n) is 2.15. The maximum atomic E-state index is 5.61. The van der Waals surface area contributed by atoms with Gasteiger partial charge in [-0.2, -0.15) is 0 Å². The van der Waals surface area contributed by atoms with Crippen molar-refractivity contribution in [3.8, 4) is 0 Å². The van der Waals surface area contributed by atoms with E-state index < -0.39 is 0 Å². The molecule has 0 saturated heterocycles. The van der Waals surface area contributed by atoms with Crippen molar-refractivity contribution in [1.82, 2.24) is 10.3 Å². The smallest absolute Gasteiger partial charge is 0.208 e. The van der Waals surface area contributed by atoms with Crippen molar-refractivity contribution in [2.24, 2.45) is 0 Å². The summed E-state index contributed by atoms with van der Waals surface area (Å²) in [6, 6.07) is 11.0. The summed E-state index contributed by atoms with van der Waals surface area (Å²) in [5.41, 5.74) is 0. The Kier molecular flexibility index (Phi) is 3.85. The van der Waals surface area contributed by atoms with Gasteiger partial charge < -0.3 is 9.73 Å². The number of thiophene rings is 1. The van der Waals surface area contributed by atoms with Crippen molar-refractivity contribution in [3.63, 3.8) is 0 Å². The number of aromatic nitrogens is 1. The molecule has 0 aliphatic heterocycles. The van der Waals surface area contributed by atoms with E-state index in [0.29, 0.717) is 12.6 Å². The quantitative estimate of drug-likeness (QED) is 0.760. The molecule has 3 aromatic rings. The molecule has 104 valence electrons. The first kappa shape index (κ1) is 13.3. The van der Waals surface area contributed by atoms with Crippen LogP contribution in [0.15, 0.2) is 40.9 Å². The summed E-state index contributed by atoms with van der Waals surface area (Å²) in [5.74, 6) is 1.70. The number of hydrogen-bond acceptors (Lipinski definition) is 4. The molecule has 0 aliphatic carbocycles. The Hall–Kier alpha value is -1.65. The number of rotatable bonds is 5. The van der Waals surface area contributed by atoms with Crippen LogP contribution in [0.4, 0.5) is 0 Å². The molecule has 4 heteroatoms. The molecular weight excluding hydrogens is 268 g/mol. The van der Waals surface area contributed by atoms with Crippen LogP contribution in [0.3, 0.4) is 0 Å². The van der Waals surface area contributed by atoms with Crippen molar-refractivity contribution >= 4 is 21.4 Å². The van der Waals surface area contributed by atoms with Gasteiger partial charge >= 0.3 is 0 Å². The van der Waals surface area contributed by atoms with Crippen LogP contribution < -0.4 is 5.32 Å². The second-order valence-electron chi connectivity index (χ2n) is 4.86. The summed E-state index contributed by atoms with van der Waals surface area (Å²) < 4.78 is 6.94. The predicted molar refractivity (Wildman–Crippen MR) is 83.0 cm³/mol. The lowest BCUT2D eigenvalue weighted by Gasteiger charge is -2.09. The number of nitrogens with zero attached hydrogens (tertiary/aromatic N) is 1. The van der Waals surface area contributed by atoms with Crippen molar-refractivity contribution in [2.45, 2.75) is 32.9 Å². The molecule has 0 radical (unpaired) electrons. The number of aryl methyl sites for hydroxylation is 1. The molecule has 3 nitrogen and oxygen atoms in total. The van der Waals surface area contributed by atoms with Crippen molar-refractivity contribution in [1.29, 1.82) is 0 Å². The summed E-state index contributed by atoms with van der Waals surface area (Å²) in [6.07, 6.45) is 2.69. The van der Waals surface area contributed by atoms with E-state index in [1.54, 1.807) is 6.20 Å². The number of oxazole rings is 1. The molecule has 2 heterocycles. The molecule has 0 bridgehead atoms. The van der Waals surface area contributed by atoms with Crippen LogP contribution in [0.1, 0.15) is 36.4 Å². The molecule has 1 aromatic carbocycles. The second-order valence-corrected chi connectivity index (χ2v) is 5.98. The first-order valence-electron chi connectivity index (χ1n) is 6.91. The Labute approximate surface area is 122 Å². The van der Waals surface area contributed by atoms with E-state index in [9.17, 15) is 0 Å². The molecule has 20 heavy (non-hydrogen) atoms. The average Bonchev–Trinajstić information content (AvgIpc) is 3.10. The first-order valence-corrected chi connectivity index (χ1v) is 7.73. The molecule has 3 rings (SSSR count). The van der Waals surface area contributed by atoms with E-state index in [2.05, 4.69) is 54.5 Å². The number of fused-ring (bicyclic) bond motifs is 1. The summed E-state index contributed by atoms with van der Waals surface area (Å²) >= 11 is 1.84. The highest BCUT2D eigenvalue weighted by Crippen LogP contribution is 2.29. The third-order valence-corrected chi connectivity index (χ3v) is 4.68. The van der Waals surface area contributed by atoms with Gasteiger partial charge in [-0.1, -0.05) is 25.1 Å². The summed E-state index contributed by atoms with van der Waals surface area (Å²) in [7, 11) is 0. The molecule has 0 fully saturated rings. The van der Waals surface area contributed by atoms with Crippen molar-refractivity contribution in [3.05, 3.63) is 53.1 Å². The van der Waals surface area contributed by atoms with Gasteiger partial charge in [0.05, 0.1) is 12.7 Å². The second kappa shape index (κ2) is 5.77. The minimum Gasteiger partial charge on any atom is -0.444 e. The average molecular weight is 286 g/mol. The van der Waals surface area contributed by atoms with Crippen LogP contribution in [0.5, 0.6) is 0 Å². The van der Waals surface area contributed by atoms with Crippen LogP contribution in [0.25, 0.3) is 10.1 Å². The Morgan fingerprint density at radius 1 is 1.35 bits per heavy atom. The number of nitrogens with one attached hydrogen (secondary N) is 1. The fourth-order valence-corrected chi connectivity index (χ4v) is 3.24. The van der Waals surface area contributed by atoms with Crippen LogP contribution in [-0.2, 0) is 13.0 Å². The highest BCUT2D eigenvalue weighted by Gasteiger charge is 2.10. The van der Waals surface area contributed by atoms with Crippen LogP contribution in [0, 0.1) is 0 Å². The Morgan fingerprint density at radius 3 is 2.95 bits per heavy atom. The van der Waals surface area contributed by atoms with E-state index in [1.165, 1.54) is 15.0 Å². The van der Waals surface area contributed by atoms with Gasteiger partial charge in [0.2, 0.25) is 5.89 Å². The minimum absolute atomic E-state index is 0.296. The molecule has 0 aliphatic rings. The zero-order chi connectivity index (χ0) is 13.9. The van der Waals surface area contributed by atoms with E-state index in [-0.39, 0.29) is 0 Å². The van der Waals surface area contributed by atoms with E-state index in [4.69, 9.17) is 4.42 Å². The lowest BCUT2D eigenvalue weighted by Crippen LogP contribution is -2.17. The van der Waals surface area contributed by atoms with Gasteiger partial charge in [0.15, 0.2) is 0 Å². The minimum atomic E-state index is 0.296. The predicted octanol–water partition coefficient (Wildman–Crippen LogP) is 4.30. The summed E-state index contributed by atoms with van der Waals surface area (Å²) in [5, 5.41) is 4.78. The Morgan fingerprint density at radius 2 is 2.20 bits per heavy atom. The molecule has 1 atom stereocenters. The maximum absolute atomic E-state index is 5.61. The highest BCUT2D eigenvalue weighted by atomic mass is 32.1. The zero-order valence-electron chi connectivity index (χ0n) is 11.7. The molecule has 1 N–H and O–H groups in total. The van der Waals surface area contributed by atoms with E-state index in [1.807, 2.05) is 11.3 Å². The van der Waals surface area contributed by atoms with E-state index in [0.717, 1.165) is 18.1 Å². The molecular formula is C16H18N2OS. The maximum Gasteiger partial charge on any atom is 0.208 e. The van der Waals surface area contributed by atoms with E-state index >= 15 is 0 Å². The number of hydrogen-bond donors (Lipinski definition) is 1. The van der Waals surface area contributed by atoms with Crippen molar-refractivity contribution in [2.75, 3.05) is 0 Å². The van der Waals surface area contributed by atoms with Gasteiger partial charge in [0, 0.05) is 22.0 Å². The van der Waals surface area contributed by atoms with Crippen LogP contribution in [0.2, 0.25) is 0 Å². The topological polar surface area (TPSA) is 38.1 Å². The third kappa shape index (κ3) is 2.76. The molecule has 2 aromatic heterocycles. The molecule has 0 saturated carbocycles. The van der Waals surface area contributed by atoms with Gasteiger partial charge in [-0.05, 0) is 24.4 Å². The van der Waals surface area contributed by atoms with Gasteiger partial charge in [-0.3, -0.25) is 0 Å². The van der Waals surface area contributed by atoms with Crippen LogP contribution >= 0.6 is 11.3 Å². The van der Waals surface area contributed by atoms with Gasteiger partial charge in [0.1, 0.15) is 5.76 Å². The third-order valence-electron chi connectivity index (χ3n) is 3.38. The molecule has 0 spiro atoms. The Balaban J connectivity index is 1.67. The van der Waals surface area contributed by atoms with Crippen molar-refractivity contribution < 1.29 is 4.42 Å². The normalized spacial score (nSPS) is 12.9. The Bertz CT molecular complexity index is 668. The number of benzene rings is 1. The summed E-state index contributed by atoms with van der Waals surface area (Å²) in [6.45, 7) is 4.90. The zero-order valence-corrected chi connectivity index (χ0v) is 12.5. The highest BCUT2D eigenvalue weighted by molar-refractivity contribution is 7.19. The van der Waals surface area contributed by atoms with Gasteiger partial charge in [-0.25, -0.2) is 4.98 Å². The van der Waals surface area contributed by atoms with Crippen LogP contribution in [-0.4, -0.2) is 4.98 Å². The van der Waals surface area contributed by atoms with Gasteiger partial charge in [0.25, 0.3) is 0 Å². The largest absolute Gasteiger partial charge is 0.444 e. The molecule has 0 amide bonds. The SMILES string of the molecule is CCc1cnc(CNC(C)c2cc3ccccc3s2)o1. The standard InChI is InChI=1S/C16H18N2OS/c1-3-13-9-18-16(19-13)10-17-11(2)15-8-12-6-4-5-7-14(12)20-15/h4-9,11,17H,3,10H2,1-2H3. The summed E-state index contributed by atoms with van der Waals surface area (Å²) in [4.78, 5) is 5.61. The van der Waals surface area contributed by atoms with Gasteiger partial charge in [-0.15, -0.1) is 11.3 Å². The lowest BCUT2D eigenvalue weighted by atomic mass is 10.2. The monoisotopic (exact) mass is 286 g/mol. The lowest BCUT2D eigenvalue weighted by molar-refractivity contribution is 0.425. The fraction of sp³-hybridized carbons (Fsp3) is 0.312. The first-order chi connectivity index (χ1) is 9.76. The molecule has 1 unspecified atom stereocenters.